The van der Waals surface area contributed by atoms with Crippen LogP contribution in [0.15, 0.2) is 29.4 Å². The molecule has 2 aliphatic rings. The molecule has 3 atom stereocenters. The van der Waals surface area contributed by atoms with Gasteiger partial charge in [-0.15, -0.1) is 0 Å². The summed E-state index contributed by atoms with van der Waals surface area (Å²) in [4.78, 5) is 20.0. The number of rotatable bonds is 5. The fourth-order valence-corrected chi connectivity index (χ4v) is 4.34. The lowest BCUT2D eigenvalue weighted by molar-refractivity contribution is -0.151. The number of thioether (sulfide) groups is 1. The number of hydrogen-bond donors (Lipinski definition) is 0. The molecule has 2 saturated heterocycles. The second-order valence-electron chi connectivity index (χ2n) is 6.66. The predicted molar refractivity (Wildman–Crippen MR) is 99.5 cm³/mol. The number of carbonyl (C=O) groups is 1. The summed E-state index contributed by atoms with van der Waals surface area (Å²) in [6, 6.07) is 5.59. The molecule has 7 nitrogen and oxygen atoms in total. The number of fused-ring (bicyclic) bond motifs is 2. The van der Waals surface area contributed by atoms with Crippen LogP contribution >= 0.6 is 11.8 Å². The molecule has 160 valence electrons. The van der Waals surface area contributed by atoms with Gasteiger partial charge < -0.3 is 18.9 Å². The lowest BCUT2D eigenvalue weighted by Gasteiger charge is -2.25. The van der Waals surface area contributed by atoms with Crippen molar-refractivity contribution in [3.8, 4) is 22.8 Å². The Bertz CT molecular complexity index is 972. The maximum Gasteiger partial charge on any atom is 0.433 e. The number of ketones is 1. The van der Waals surface area contributed by atoms with Crippen molar-refractivity contribution >= 4 is 17.5 Å². The van der Waals surface area contributed by atoms with Gasteiger partial charge in [0.05, 0.1) is 32.6 Å². The number of carbonyl (C=O) groups excluding carboxylic acids is 1. The van der Waals surface area contributed by atoms with Gasteiger partial charge in [-0.2, -0.15) is 13.2 Å². The molecule has 2 fully saturated rings. The maximum absolute atomic E-state index is 13.5. The summed E-state index contributed by atoms with van der Waals surface area (Å²) in [7, 11) is 2.89. The monoisotopic (exact) mass is 442 g/mol. The zero-order valence-electron chi connectivity index (χ0n) is 15.9. The average molecular weight is 442 g/mol. The van der Waals surface area contributed by atoms with Crippen molar-refractivity contribution in [3.05, 3.63) is 30.0 Å². The molecule has 0 radical (unpaired) electrons. The SMILES string of the molecule is COc1ccc(-c2cc(C(F)(F)F)nc(S[C@H]3CC(=O)[C@@H]4OC[C@@H]3O4)n2)cc1OC. The van der Waals surface area contributed by atoms with Crippen molar-refractivity contribution in [2.24, 2.45) is 0 Å². The summed E-state index contributed by atoms with van der Waals surface area (Å²) in [6.07, 6.45) is -5.83. The van der Waals surface area contributed by atoms with Gasteiger partial charge in [0.2, 0.25) is 6.29 Å². The van der Waals surface area contributed by atoms with Gasteiger partial charge in [0.15, 0.2) is 22.4 Å². The molecule has 0 saturated carbocycles. The molecule has 4 rings (SSSR count). The molecule has 2 aliphatic heterocycles. The van der Waals surface area contributed by atoms with Crippen molar-refractivity contribution in [3.63, 3.8) is 0 Å². The van der Waals surface area contributed by atoms with E-state index in [0.29, 0.717) is 17.1 Å². The van der Waals surface area contributed by atoms with Gasteiger partial charge in [0.25, 0.3) is 0 Å². The number of hydrogen-bond acceptors (Lipinski definition) is 8. The fourth-order valence-electron chi connectivity index (χ4n) is 3.23. The summed E-state index contributed by atoms with van der Waals surface area (Å²) in [5.74, 6) is 0.555. The van der Waals surface area contributed by atoms with Crippen LogP contribution < -0.4 is 9.47 Å². The van der Waals surface area contributed by atoms with Crippen LogP contribution in [0.1, 0.15) is 12.1 Å². The molecule has 0 N–H and O–H groups in total. The van der Waals surface area contributed by atoms with Gasteiger partial charge in [-0.1, -0.05) is 11.8 Å². The Balaban J connectivity index is 1.70. The third-order valence-corrected chi connectivity index (χ3v) is 5.89. The van der Waals surface area contributed by atoms with Crippen LogP contribution in [0.4, 0.5) is 13.2 Å². The second-order valence-corrected chi connectivity index (χ2v) is 7.86. The van der Waals surface area contributed by atoms with Gasteiger partial charge in [-0.25, -0.2) is 9.97 Å². The molecule has 30 heavy (non-hydrogen) atoms. The Hall–Kier alpha value is -2.37. The normalized spacial score (nSPS) is 23.5. The topological polar surface area (TPSA) is 79.8 Å². The highest BCUT2D eigenvalue weighted by atomic mass is 32.2. The fraction of sp³-hybridized carbons (Fsp3) is 0.421. The number of nitrogens with zero attached hydrogens (tertiary/aromatic N) is 2. The van der Waals surface area contributed by atoms with E-state index in [4.69, 9.17) is 18.9 Å². The van der Waals surface area contributed by atoms with E-state index in [9.17, 15) is 18.0 Å². The van der Waals surface area contributed by atoms with E-state index in [1.165, 1.54) is 14.2 Å². The smallest absolute Gasteiger partial charge is 0.433 e. The molecule has 3 heterocycles. The molecule has 11 heteroatoms. The minimum Gasteiger partial charge on any atom is -0.493 e. The molecule has 1 aromatic heterocycles. The first kappa shape index (κ1) is 20.9. The molecule has 0 amide bonds. The molecule has 0 aliphatic carbocycles. The summed E-state index contributed by atoms with van der Waals surface area (Å²) in [5.41, 5.74) is -0.597. The van der Waals surface area contributed by atoms with E-state index >= 15 is 0 Å². The van der Waals surface area contributed by atoms with Crippen LogP contribution in [0.2, 0.25) is 0 Å². The minimum absolute atomic E-state index is 0.0735. The van der Waals surface area contributed by atoms with Gasteiger partial charge in [0.1, 0.15) is 5.69 Å². The summed E-state index contributed by atoms with van der Waals surface area (Å²) < 4.78 is 61.5. The third kappa shape index (κ3) is 4.09. The number of aromatic nitrogens is 2. The number of ether oxygens (including phenoxy) is 4. The van der Waals surface area contributed by atoms with Crippen LogP contribution in [-0.4, -0.2) is 54.2 Å². The van der Waals surface area contributed by atoms with E-state index < -0.39 is 29.5 Å². The van der Waals surface area contributed by atoms with Crippen molar-refractivity contribution < 1.29 is 36.9 Å². The van der Waals surface area contributed by atoms with Crippen LogP contribution in [0.3, 0.4) is 0 Å². The van der Waals surface area contributed by atoms with Crippen molar-refractivity contribution in [2.75, 3.05) is 20.8 Å². The number of benzene rings is 1. The van der Waals surface area contributed by atoms with E-state index in [-0.39, 0.29) is 29.7 Å². The number of methoxy groups -OCH3 is 2. The average Bonchev–Trinajstić information content (AvgIpc) is 3.17. The molecule has 2 aromatic rings. The molecular formula is C19H17F3N2O5S. The molecule has 0 unspecified atom stereocenters. The van der Waals surface area contributed by atoms with Gasteiger partial charge in [-0.3, -0.25) is 4.79 Å². The van der Waals surface area contributed by atoms with Crippen molar-refractivity contribution in [1.82, 2.24) is 9.97 Å². The van der Waals surface area contributed by atoms with E-state index in [1.54, 1.807) is 18.2 Å². The Kier molecular flexibility index (Phi) is 5.60. The zero-order valence-corrected chi connectivity index (χ0v) is 16.7. The van der Waals surface area contributed by atoms with Crippen LogP contribution in [0, 0.1) is 0 Å². The number of halogens is 3. The Morgan fingerprint density at radius 1 is 1.13 bits per heavy atom. The largest absolute Gasteiger partial charge is 0.493 e. The van der Waals surface area contributed by atoms with Crippen LogP contribution in [0.25, 0.3) is 11.3 Å². The maximum atomic E-state index is 13.5. The first-order valence-corrected chi connectivity index (χ1v) is 9.81. The lowest BCUT2D eigenvalue weighted by atomic mass is 10.1. The highest BCUT2D eigenvalue weighted by Crippen LogP contribution is 2.39. The summed E-state index contributed by atoms with van der Waals surface area (Å²) in [5, 5.41) is -0.528. The predicted octanol–water partition coefficient (Wildman–Crippen LogP) is 3.35. The van der Waals surface area contributed by atoms with Crippen LogP contribution in [-0.2, 0) is 20.4 Å². The molecular weight excluding hydrogens is 425 g/mol. The zero-order chi connectivity index (χ0) is 21.5. The molecule has 2 bridgehead atoms. The van der Waals surface area contributed by atoms with E-state index in [2.05, 4.69) is 9.97 Å². The Labute approximate surface area is 173 Å². The second kappa shape index (κ2) is 8.05. The van der Waals surface area contributed by atoms with Gasteiger partial charge in [0, 0.05) is 17.2 Å². The van der Waals surface area contributed by atoms with E-state index in [0.717, 1.165) is 17.8 Å². The minimum atomic E-state index is -4.66. The molecule has 1 aromatic carbocycles. The highest BCUT2D eigenvalue weighted by molar-refractivity contribution is 7.99. The van der Waals surface area contributed by atoms with Crippen molar-refractivity contribution in [1.29, 1.82) is 0 Å². The number of Topliss-reactive ketones (excluding diaryl/α,β-unsaturated/α-hetero) is 1. The Morgan fingerprint density at radius 3 is 2.60 bits per heavy atom. The first-order chi connectivity index (χ1) is 14.3. The highest BCUT2D eigenvalue weighted by Gasteiger charge is 2.44. The number of alkyl halides is 3. The summed E-state index contributed by atoms with van der Waals surface area (Å²) in [6.45, 7) is 0.204. The van der Waals surface area contributed by atoms with Crippen molar-refractivity contribution in [2.45, 2.75) is 35.4 Å². The quantitative estimate of drug-likeness (QED) is 0.653. The van der Waals surface area contributed by atoms with Gasteiger partial charge >= 0.3 is 6.18 Å². The van der Waals surface area contributed by atoms with Gasteiger partial charge in [-0.05, 0) is 24.3 Å². The molecule has 0 spiro atoms. The van der Waals surface area contributed by atoms with E-state index in [1.807, 2.05) is 0 Å². The standard InChI is InChI=1S/C19H17F3N2O5S/c1-26-12-4-3-9(5-13(12)27-2)10-6-16(19(20,21)22)24-18(23-10)30-15-7-11(25)17-28-8-14(15)29-17/h3-6,14-15,17H,7-8H2,1-2H3/t14-,15-,17+/m0/s1. The Morgan fingerprint density at radius 2 is 1.90 bits per heavy atom. The van der Waals surface area contributed by atoms with Crippen LogP contribution in [0.5, 0.6) is 11.5 Å². The lowest BCUT2D eigenvalue weighted by Crippen LogP contribution is -2.37. The first-order valence-electron chi connectivity index (χ1n) is 8.93. The third-order valence-electron chi connectivity index (χ3n) is 4.72. The summed E-state index contributed by atoms with van der Waals surface area (Å²) >= 11 is 0.980.